The molecule has 0 bridgehead atoms. The third-order valence-electron chi connectivity index (χ3n) is 3.27. The Kier molecular flexibility index (Phi) is 4.15. The van der Waals surface area contributed by atoms with E-state index in [0.29, 0.717) is 17.1 Å². The van der Waals surface area contributed by atoms with E-state index in [1.165, 1.54) is 0 Å². The highest BCUT2D eigenvalue weighted by molar-refractivity contribution is 8.13. The molecule has 0 amide bonds. The molecule has 0 saturated carbocycles. The highest BCUT2D eigenvalue weighted by atomic mass is 32.2. The second-order valence-corrected chi connectivity index (χ2v) is 5.67. The molecule has 3 rings (SSSR count). The van der Waals surface area contributed by atoms with E-state index in [1.807, 2.05) is 12.1 Å². The fourth-order valence-corrected chi connectivity index (χ4v) is 3.13. The lowest BCUT2D eigenvalue weighted by molar-refractivity contribution is 0.414. The van der Waals surface area contributed by atoms with Crippen LogP contribution in [0.4, 0.5) is 0 Å². The molecule has 6 heteroatoms. The smallest absolute Gasteiger partial charge is 0.336 e. The van der Waals surface area contributed by atoms with Crippen molar-refractivity contribution in [3.05, 3.63) is 40.2 Å². The van der Waals surface area contributed by atoms with Gasteiger partial charge in [-0.15, -0.1) is 0 Å². The predicted octanol–water partition coefficient (Wildman–Crippen LogP) is 2.38. The number of nitrogens with zero attached hydrogens (tertiary/aromatic N) is 1. The average Bonchev–Trinajstić information content (AvgIpc) is 2.52. The van der Waals surface area contributed by atoms with Gasteiger partial charge in [0.05, 0.1) is 7.11 Å². The first kappa shape index (κ1) is 14.0. The molecule has 2 heterocycles. The molecule has 0 aliphatic carbocycles. The largest absolute Gasteiger partial charge is 0.497 e. The molecule has 0 atom stereocenters. The number of methoxy groups -OCH3 is 1. The monoisotopic (exact) mass is 304 g/mol. The van der Waals surface area contributed by atoms with Gasteiger partial charge in [-0.1, -0.05) is 11.8 Å². The van der Waals surface area contributed by atoms with Gasteiger partial charge in [-0.25, -0.2) is 4.79 Å². The fourth-order valence-electron chi connectivity index (χ4n) is 2.21. The second-order valence-electron chi connectivity index (χ2n) is 4.71. The maximum atomic E-state index is 11.7. The van der Waals surface area contributed by atoms with Crippen LogP contribution in [0.5, 0.6) is 5.75 Å². The molecule has 5 nitrogen and oxygen atoms in total. The Morgan fingerprint density at radius 1 is 1.43 bits per heavy atom. The molecular formula is C15H16N2O3S. The summed E-state index contributed by atoms with van der Waals surface area (Å²) in [6.07, 6.45) is 1.07. The van der Waals surface area contributed by atoms with Gasteiger partial charge in [-0.3, -0.25) is 4.99 Å². The zero-order valence-electron chi connectivity index (χ0n) is 11.7. The first-order chi connectivity index (χ1) is 10.3. The minimum atomic E-state index is -0.343. The van der Waals surface area contributed by atoms with Crippen LogP contribution in [0.1, 0.15) is 12.0 Å². The van der Waals surface area contributed by atoms with Crippen LogP contribution >= 0.6 is 11.8 Å². The van der Waals surface area contributed by atoms with Crippen molar-refractivity contribution in [1.82, 2.24) is 5.32 Å². The van der Waals surface area contributed by atoms with Crippen molar-refractivity contribution in [2.75, 3.05) is 20.2 Å². The number of hydrogen-bond acceptors (Lipinski definition) is 6. The van der Waals surface area contributed by atoms with Crippen LogP contribution in [-0.4, -0.2) is 25.4 Å². The van der Waals surface area contributed by atoms with E-state index >= 15 is 0 Å². The topological polar surface area (TPSA) is 63.8 Å². The van der Waals surface area contributed by atoms with Crippen molar-refractivity contribution < 1.29 is 9.15 Å². The van der Waals surface area contributed by atoms with Crippen LogP contribution in [0.2, 0.25) is 0 Å². The van der Waals surface area contributed by atoms with Gasteiger partial charge in [0.2, 0.25) is 0 Å². The van der Waals surface area contributed by atoms with Gasteiger partial charge in [0.1, 0.15) is 11.3 Å². The van der Waals surface area contributed by atoms with Crippen LogP contribution in [0.25, 0.3) is 11.0 Å². The van der Waals surface area contributed by atoms with E-state index in [-0.39, 0.29) is 5.63 Å². The minimum absolute atomic E-state index is 0.343. The Hall–Kier alpha value is -1.95. The number of aliphatic imine (C=N–C) groups is 1. The summed E-state index contributed by atoms with van der Waals surface area (Å²) in [5.74, 6) is 1.36. The fraction of sp³-hybridized carbons (Fsp3) is 0.333. The molecule has 0 radical (unpaired) electrons. The van der Waals surface area contributed by atoms with E-state index < -0.39 is 0 Å². The normalized spacial score (nSPS) is 14.6. The van der Waals surface area contributed by atoms with Crippen molar-refractivity contribution >= 4 is 27.9 Å². The molecule has 0 spiro atoms. The summed E-state index contributed by atoms with van der Waals surface area (Å²) < 4.78 is 10.4. The lowest BCUT2D eigenvalue weighted by Gasteiger charge is -2.14. The molecule has 0 fully saturated rings. The van der Waals surface area contributed by atoms with E-state index in [2.05, 4.69) is 10.3 Å². The SMILES string of the molecule is COc1ccc2c(CSC3=NCCCN3)cc(=O)oc2c1. The number of rotatable bonds is 3. The summed E-state index contributed by atoms with van der Waals surface area (Å²) in [5.41, 5.74) is 1.16. The first-order valence-electron chi connectivity index (χ1n) is 6.78. The van der Waals surface area contributed by atoms with Crippen LogP contribution in [0, 0.1) is 0 Å². The lowest BCUT2D eigenvalue weighted by atomic mass is 10.1. The molecule has 0 unspecified atom stereocenters. The van der Waals surface area contributed by atoms with Crippen molar-refractivity contribution in [2.24, 2.45) is 4.99 Å². The molecule has 1 aliphatic rings. The maximum absolute atomic E-state index is 11.7. The zero-order valence-corrected chi connectivity index (χ0v) is 12.5. The highest BCUT2D eigenvalue weighted by Gasteiger charge is 2.10. The van der Waals surface area contributed by atoms with E-state index in [4.69, 9.17) is 9.15 Å². The number of amidine groups is 1. The molecule has 1 aromatic heterocycles. The molecule has 0 saturated heterocycles. The van der Waals surface area contributed by atoms with E-state index in [9.17, 15) is 4.79 Å². The van der Waals surface area contributed by atoms with Gasteiger partial charge in [0, 0.05) is 36.4 Å². The van der Waals surface area contributed by atoms with Crippen LogP contribution in [0.3, 0.4) is 0 Å². The van der Waals surface area contributed by atoms with Crippen LogP contribution in [-0.2, 0) is 5.75 Å². The summed E-state index contributed by atoms with van der Waals surface area (Å²) in [6.45, 7) is 1.82. The first-order valence-corrected chi connectivity index (χ1v) is 7.77. The summed E-state index contributed by atoms with van der Waals surface area (Å²) in [6, 6.07) is 7.07. The number of ether oxygens (including phenoxy) is 1. The number of nitrogens with one attached hydrogen (secondary N) is 1. The van der Waals surface area contributed by atoms with E-state index in [1.54, 1.807) is 31.0 Å². The van der Waals surface area contributed by atoms with Gasteiger partial charge in [0.15, 0.2) is 5.17 Å². The molecular weight excluding hydrogens is 288 g/mol. The van der Waals surface area contributed by atoms with E-state index in [0.717, 1.165) is 35.6 Å². The predicted molar refractivity (Wildman–Crippen MR) is 85.3 cm³/mol. The lowest BCUT2D eigenvalue weighted by Crippen LogP contribution is -2.26. The molecule has 21 heavy (non-hydrogen) atoms. The number of thioether (sulfide) groups is 1. The Morgan fingerprint density at radius 3 is 3.10 bits per heavy atom. The van der Waals surface area contributed by atoms with Crippen molar-refractivity contribution in [3.63, 3.8) is 0 Å². The van der Waals surface area contributed by atoms with Gasteiger partial charge in [0.25, 0.3) is 0 Å². The third kappa shape index (κ3) is 3.21. The summed E-state index contributed by atoms with van der Waals surface area (Å²) >= 11 is 1.61. The van der Waals surface area contributed by atoms with Gasteiger partial charge in [-0.05, 0) is 24.1 Å². The minimum Gasteiger partial charge on any atom is -0.497 e. The summed E-state index contributed by atoms with van der Waals surface area (Å²) in [5, 5.41) is 5.13. The summed E-state index contributed by atoms with van der Waals surface area (Å²) in [7, 11) is 1.59. The standard InChI is InChI=1S/C15H16N2O3S/c1-19-11-3-4-12-10(7-14(18)20-13(12)8-11)9-21-15-16-5-2-6-17-15/h3-4,7-8H,2,5-6,9H2,1H3,(H,16,17). The Balaban J connectivity index is 1.90. The van der Waals surface area contributed by atoms with Crippen molar-refractivity contribution in [3.8, 4) is 5.75 Å². The quantitative estimate of drug-likeness (QED) is 0.882. The van der Waals surface area contributed by atoms with Crippen molar-refractivity contribution in [1.29, 1.82) is 0 Å². The second kappa shape index (κ2) is 6.22. The molecule has 110 valence electrons. The third-order valence-corrected chi connectivity index (χ3v) is 4.27. The van der Waals surface area contributed by atoms with Gasteiger partial charge in [-0.2, -0.15) is 0 Å². The van der Waals surface area contributed by atoms with Gasteiger partial charge >= 0.3 is 5.63 Å². The highest BCUT2D eigenvalue weighted by Crippen LogP contribution is 2.25. The molecule has 1 aromatic carbocycles. The number of fused-ring (bicyclic) bond motifs is 1. The molecule has 1 N–H and O–H groups in total. The van der Waals surface area contributed by atoms with Crippen LogP contribution < -0.4 is 15.7 Å². The average molecular weight is 304 g/mol. The van der Waals surface area contributed by atoms with Crippen molar-refractivity contribution in [2.45, 2.75) is 12.2 Å². The number of hydrogen-bond donors (Lipinski definition) is 1. The Bertz CT molecular complexity index is 739. The Morgan fingerprint density at radius 2 is 2.33 bits per heavy atom. The Labute approximate surface area is 126 Å². The van der Waals surface area contributed by atoms with Crippen LogP contribution in [0.15, 0.2) is 38.5 Å². The zero-order chi connectivity index (χ0) is 14.7. The van der Waals surface area contributed by atoms with Gasteiger partial charge < -0.3 is 14.5 Å². The maximum Gasteiger partial charge on any atom is 0.336 e. The molecule has 2 aromatic rings. The summed E-state index contributed by atoms with van der Waals surface area (Å²) in [4.78, 5) is 16.1. The molecule has 1 aliphatic heterocycles. The number of benzene rings is 1.